The first-order chi connectivity index (χ1) is 9.21. The Bertz CT molecular complexity index is 337. The van der Waals surface area contributed by atoms with Crippen molar-refractivity contribution in [1.82, 2.24) is 5.32 Å². The molecule has 1 aromatic rings. The van der Waals surface area contributed by atoms with Crippen molar-refractivity contribution in [3.8, 4) is 11.5 Å². The largest absolute Gasteiger partial charge is 0.494 e. The van der Waals surface area contributed by atoms with Crippen LogP contribution in [0.1, 0.15) is 34.1 Å². The molecule has 0 radical (unpaired) electrons. The lowest BCUT2D eigenvalue weighted by Gasteiger charge is -2.24. The molecule has 19 heavy (non-hydrogen) atoms. The monoisotopic (exact) mass is 265 g/mol. The lowest BCUT2D eigenvalue weighted by atomic mass is 10.00. The summed E-state index contributed by atoms with van der Waals surface area (Å²) in [7, 11) is 0. The fraction of sp³-hybridized carbons (Fsp3) is 0.625. The smallest absolute Gasteiger partial charge is 0.119 e. The third-order valence-corrected chi connectivity index (χ3v) is 3.36. The predicted molar refractivity (Wildman–Crippen MR) is 80.0 cm³/mol. The zero-order valence-corrected chi connectivity index (χ0v) is 12.6. The van der Waals surface area contributed by atoms with E-state index in [0.717, 1.165) is 24.5 Å². The number of benzene rings is 1. The molecule has 1 rings (SSSR count). The van der Waals surface area contributed by atoms with Crippen molar-refractivity contribution in [2.24, 2.45) is 5.92 Å². The van der Waals surface area contributed by atoms with Crippen molar-refractivity contribution in [1.29, 1.82) is 0 Å². The minimum absolute atomic E-state index is 0.404. The minimum atomic E-state index is 0.404. The van der Waals surface area contributed by atoms with Crippen LogP contribution in [0.4, 0.5) is 0 Å². The fourth-order valence-electron chi connectivity index (χ4n) is 1.96. The van der Waals surface area contributed by atoms with Crippen LogP contribution in [0.15, 0.2) is 24.3 Å². The van der Waals surface area contributed by atoms with E-state index >= 15 is 0 Å². The van der Waals surface area contributed by atoms with Gasteiger partial charge in [0.1, 0.15) is 18.1 Å². The van der Waals surface area contributed by atoms with Crippen LogP contribution in [-0.2, 0) is 0 Å². The SMILES string of the molecule is CCNC(COc1ccc(OCC)cc1)C(C)CC. The lowest BCUT2D eigenvalue weighted by Crippen LogP contribution is -2.39. The summed E-state index contributed by atoms with van der Waals surface area (Å²) in [6.07, 6.45) is 1.16. The van der Waals surface area contributed by atoms with Crippen molar-refractivity contribution in [3.05, 3.63) is 24.3 Å². The number of nitrogens with one attached hydrogen (secondary N) is 1. The number of hydrogen-bond acceptors (Lipinski definition) is 3. The highest BCUT2D eigenvalue weighted by atomic mass is 16.5. The molecule has 0 aliphatic carbocycles. The van der Waals surface area contributed by atoms with Crippen LogP contribution < -0.4 is 14.8 Å². The third kappa shape index (κ3) is 5.52. The van der Waals surface area contributed by atoms with Gasteiger partial charge < -0.3 is 14.8 Å². The Morgan fingerprint density at radius 3 is 2.05 bits per heavy atom. The first kappa shape index (κ1) is 15.8. The van der Waals surface area contributed by atoms with Crippen LogP contribution in [0.2, 0.25) is 0 Å². The first-order valence-corrected chi connectivity index (χ1v) is 7.30. The fourth-order valence-corrected chi connectivity index (χ4v) is 1.96. The van der Waals surface area contributed by atoms with Gasteiger partial charge in [0.2, 0.25) is 0 Å². The van der Waals surface area contributed by atoms with Gasteiger partial charge in [-0.15, -0.1) is 0 Å². The molecule has 0 amide bonds. The van der Waals surface area contributed by atoms with E-state index in [9.17, 15) is 0 Å². The predicted octanol–water partition coefficient (Wildman–Crippen LogP) is 3.49. The van der Waals surface area contributed by atoms with Crippen molar-refractivity contribution < 1.29 is 9.47 Å². The van der Waals surface area contributed by atoms with Gasteiger partial charge in [-0.2, -0.15) is 0 Å². The Morgan fingerprint density at radius 2 is 1.58 bits per heavy atom. The zero-order valence-electron chi connectivity index (χ0n) is 12.6. The second-order valence-corrected chi connectivity index (χ2v) is 4.77. The highest BCUT2D eigenvalue weighted by Crippen LogP contribution is 2.18. The Balaban J connectivity index is 2.49. The Labute approximate surface area is 117 Å². The van der Waals surface area contributed by atoms with Gasteiger partial charge in [0.25, 0.3) is 0 Å². The maximum Gasteiger partial charge on any atom is 0.119 e. The van der Waals surface area contributed by atoms with Gasteiger partial charge in [-0.3, -0.25) is 0 Å². The molecule has 0 saturated carbocycles. The average molecular weight is 265 g/mol. The summed E-state index contributed by atoms with van der Waals surface area (Å²) in [5.74, 6) is 2.40. The van der Waals surface area contributed by atoms with Crippen LogP contribution in [0, 0.1) is 5.92 Å². The van der Waals surface area contributed by atoms with E-state index < -0.39 is 0 Å². The van der Waals surface area contributed by atoms with Crippen molar-refractivity contribution in [3.63, 3.8) is 0 Å². The Kier molecular flexibility index (Phi) is 7.34. The van der Waals surface area contributed by atoms with Crippen molar-refractivity contribution in [2.45, 2.75) is 40.2 Å². The molecule has 108 valence electrons. The summed E-state index contributed by atoms with van der Waals surface area (Å²) in [5.41, 5.74) is 0. The Morgan fingerprint density at radius 1 is 1.00 bits per heavy atom. The Hall–Kier alpha value is -1.22. The van der Waals surface area contributed by atoms with Crippen LogP contribution in [0.25, 0.3) is 0 Å². The van der Waals surface area contributed by atoms with Crippen LogP contribution in [0.3, 0.4) is 0 Å². The van der Waals surface area contributed by atoms with E-state index in [0.29, 0.717) is 25.2 Å². The summed E-state index contributed by atoms with van der Waals surface area (Å²) in [5, 5.41) is 3.49. The van der Waals surface area contributed by atoms with Gasteiger partial charge in [-0.05, 0) is 43.7 Å². The van der Waals surface area contributed by atoms with E-state index in [1.165, 1.54) is 0 Å². The molecular formula is C16H27NO2. The van der Waals surface area contributed by atoms with Crippen LogP contribution >= 0.6 is 0 Å². The van der Waals surface area contributed by atoms with Gasteiger partial charge in [0.05, 0.1) is 6.61 Å². The first-order valence-electron chi connectivity index (χ1n) is 7.30. The molecule has 0 aliphatic heterocycles. The summed E-state index contributed by atoms with van der Waals surface area (Å²) < 4.78 is 11.3. The lowest BCUT2D eigenvalue weighted by molar-refractivity contribution is 0.222. The normalized spacial score (nSPS) is 13.9. The van der Waals surface area contributed by atoms with E-state index in [1.54, 1.807) is 0 Å². The minimum Gasteiger partial charge on any atom is -0.494 e. The molecule has 0 aliphatic rings. The molecule has 0 bridgehead atoms. The van der Waals surface area contributed by atoms with Gasteiger partial charge in [0.15, 0.2) is 0 Å². The number of hydrogen-bond donors (Lipinski definition) is 1. The average Bonchev–Trinajstić information content (AvgIpc) is 2.44. The molecule has 3 nitrogen and oxygen atoms in total. The van der Waals surface area contributed by atoms with Gasteiger partial charge in [-0.25, -0.2) is 0 Å². The third-order valence-electron chi connectivity index (χ3n) is 3.36. The second-order valence-electron chi connectivity index (χ2n) is 4.77. The zero-order chi connectivity index (χ0) is 14.1. The van der Waals surface area contributed by atoms with E-state index in [1.807, 2.05) is 31.2 Å². The van der Waals surface area contributed by atoms with Gasteiger partial charge in [0, 0.05) is 6.04 Å². The topological polar surface area (TPSA) is 30.5 Å². The summed E-state index contributed by atoms with van der Waals surface area (Å²) in [6.45, 7) is 11.0. The molecular weight excluding hydrogens is 238 g/mol. The van der Waals surface area contributed by atoms with Gasteiger partial charge >= 0.3 is 0 Å². The molecule has 0 heterocycles. The van der Waals surface area contributed by atoms with Gasteiger partial charge in [-0.1, -0.05) is 27.2 Å². The van der Waals surface area contributed by atoms with E-state index in [2.05, 4.69) is 26.1 Å². The van der Waals surface area contributed by atoms with Crippen molar-refractivity contribution in [2.75, 3.05) is 19.8 Å². The van der Waals surface area contributed by atoms with Crippen LogP contribution in [-0.4, -0.2) is 25.8 Å². The summed E-state index contributed by atoms with van der Waals surface area (Å²) >= 11 is 0. The summed E-state index contributed by atoms with van der Waals surface area (Å²) in [4.78, 5) is 0. The number of ether oxygens (including phenoxy) is 2. The standard InChI is InChI=1S/C16H27NO2/c1-5-13(4)16(17-6-2)12-19-15-10-8-14(9-11-15)18-7-3/h8-11,13,16-17H,5-7,12H2,1-4H3. The highest BCUT2D eigenvalue weighted by molar-refractivity contribution is 5.31. The molecule has 0 fully saturated rings. The molecule has 1 aromatic carbocycles. The maximum atomic E-state index is 5.86. The maximum absolute atomic E-state index is 5.86. The second kappa shape index (κ2) is 8.81. The van der Waals surface area contributed by atoms with Crippen molar-refractivity contribution >= 4 is 0 Å². The molecule has 1 N–H and O–H groups in total. The van der Waals surface area contributed by atoms with E-state index in [4.69, 9.17) is 9.47 Å². The molecule has 2 atom stereocenters. The molecule has 0 saturated heterocycles. The molecule has 2 unspecified atom stereocenters. The quantitative estimate of drug-likeness (QED) is 0.741. The van der Waals surface area contributed by atoms with Crippen LogP contribution in [0.5, 0.6) is 11.5 Å². The molecule has 0 spiro atoms. The number of likely N-dealkylation sites (N-methyl/N-ethyl adjacent to an activating group) is 1. The summed E-state index contributed by atoms with van der Waals surface area (Å²) in [6, 6.07) is 8.23. The molecule has 0 aromatic heterocycles. The number of rotatable bonds is 9. The molecule has 3 heteroatoms. The highest BCUT2D eigenvalue weighted by Gasteiger charge is 2.15. The van der Waals surface area contributed by atoms with E-state index in [-0.39, 0.29) is 0 Å².